The molecular weight excluding hydrogens is 441 g/mol. The van der Waals surface area contributed by atoms with E-state index in [-0.39, 0.29) is 5.91 Å². The lowest BCUT2D eigenvalue weighted by Crippen LogP contribution is -2.13. The monoisotopic (exact) mass is 453 g/mol. The molecule has 1 aromatic heterocycles. The molecule has 0 unspecified atom stereocenters. The average Bonchev–Trinajstić information content (AvgIpc) is 2.96. The second-order valence-electron chi connectivity index (χ2n) is 5.44. The molecule has 3 aromatic rings. The van der Waals surface area contributed by atoms with Gasteiger partial charge in [-0.2, -0.15) is 5.10 Å². The fourth-order valence-corrected chi connectivity index (χ4v) is 3.19. The number of ether oxygens (including phenoxy) is 1. The zero-order chi connectivity index (χ0) is 18.7. The van der Waals surface area contributed by atoms with E-state index in [0.717, 1.165) is 5.56 Å². The molecule has 0 spiro atoms. The Morgan fingerprint density at radius 2 is 1.96 bits per heavy atom. The topological polar surface area (TPSA) is 56.1 Å². The number of anilines is 1. The first-order chi connectivity index (χ1) is 12.5. The highest BCUT2D eigenvalue weighted by molar-refractivity contribution is 9.10. The highest BCUT2D eigenvalue weighted by atomic mass is 79.9. The van der Waals surface area contributed by atoms with E-state index in [1.807, 2.05) is 6.07 Å². The van der Waals surface area contributed by atoms with E-state index in [0.29, 0.717) is 38.2 Å². The zero-order valence-corrected chi connectivity index (χ0v) is 16.8. The van der Waals surface area contributed by atoms with Gasteiger partial charge >= 0.3 is 0 Å². The molecule has 5 nitrogen and oxygen atoms in total. The number of hydrogen-bond acceptors (Lipinski definition) is 3. The van der Waals surface area contributed by atoms with Crippen molar-refractivity contribution in [3.8, 4) is 5.75 Å². The number of rotatable bonds is 5. The lowest BCUT2D eigenvalue weighted by atomic mass is 10.2. The molecule has 0 aliphatic carbocycles. The van der Waals surface area contributed by atoms with Crippen molar-refractivity contribution in [1.82, 2.24) is 9.78 Å². The van der Waals surface area contributed by atoms with E-state index in [4.69, 9.17) is 27.9 Å². The van der Waals surface area contributed by atoms with Crippen molar-refractivity contribution in [3.05, 3.63) is 74.3 Å². The van der Waals surface area contributed by atoms with Gasteiger partial charge < -0.3 is 10.1 Å². The molecule has 0 aliphatic rings. The minimum atomic E-state index is -0.261. The fourth-order valence-electron chi connectivity index (χ4n) is 2.31. The Morgan fingerprint density at radius 3 is 2.62 bits per heavy atom. The van der Waals surface area contributed by atoms with Gasteiger partial charge in [-0.25, -0.2) is 0 Å². The van der Waals surface area contributed by atoms with Gasteiger partial charge in [-0.3, -0.25) is 9.48 Å². The van der Waals surface area contributed by atoms with E-state index < -0.39 is 0 Å². The first-order valence-electron chi connectivity index (χ1n) is 7.58. The van der Waals surface area contributed by atoms with Gasteiger partial charge in [0.2, 0.25) is 0 Å². The van der Waals surface area contributed by atoms with E-state index in [9.17, 15) is 4.79 Å². The van der Waals surface area contributed by atoms with Crippen LogP contribution in [0.1, 0.15) is 15.9 Å². The van der Waals surface area contributed by atoms with Crippen molar-refractivity contribution >= 4 is 50.9 Å². The maximum absolute atomic E-state index is 12.4. The molecule has 2 aromatic carbocycles. The Labute approximate surface area is 169 Å². The van der Waals surface area contributed by atoms with Crippen LogP contribution >= 0.6 is 39.1 Å². The van der Waals surface area contributed by atoms with Crippen molar-refractivity contribution in [2.24, 2.45) is 0 Å². The van der Waals surface area contributed by atoms with Crippen molar-refractivity contribution in [1.29, 1.82) is 0 Å². The van der Waals surface area contributed by atoms with Crippen molar-refractivity contribution in [2.45, 2.75) is 6.54 Å². The van der Waals surface area contributed by atoms with E-state index in [2.05, 4.69) is 26.3 Å². The molecule has 134 valence electrons. The van der Waals surface area contributed by atoms with Gasteiger partial charge in [-0.15, -0.1) is 0 Å². The Bertz CT molecular complexity index is 942. The average molecular weight is 455 g/mol. The lowest BCUT2D eigenvalue weighted by Gasteiger charge is -2.06. The number of nitrogens with one attached hydrogen (secondary N) is 1. The third kappa shape index (κ3) is 4.38. The van der Waals surface area contributed by atoms with Crippen molar-refractivity contribution in [3.63, 3.8) is 0 Å². The summed E-state index contributed by atoms with van der Waals surface area (Å²) in [6.45, 7) is 0.451. The van der Waals surface area contributed by atoms with Crippen LogP contribution in [0.4, 0.5) is 5.82 Å². The summed E-state index contributed by atoms with van der Waals surface area (Å²) < 4.78 is 7.44. The van der Waals surface area contributed by atoms with Gasteiger partial charge in [-0.05, 0) is 57.9 Å². The summed E-state index contributed by atoms with van der Waals surface area (Å²) in [6.07, 6.45) is 1.77. The molecule has 0 atom stereocenters. The molecule has 1 N–H and O–H groups in total. The van der Waals surface area contributed by atoms with Crippen LogP contribution in [0.3, 0.4) is 0 Å². The summed E-state index contributed by atoms with van der Waals surface area (Å²) >= 11 is 15.5. The molecule has 0 radical (unpaired) electrons. The number of halogens is 3. The molecule has 8 heteroatoms. The van der Waals surface area contributed by atoms with E-state index in [1.165, 1.54) is 0 Å². The van der Waals surface area contributed by atoms with Crippen molar-refractivity contribution < 1.29 is 9.53 Å². The Kier molecular flexibility index (Phi) is 5.86. The molecule has 0 saturated heterocycles. The summed E-state index contributed by atoms with van der Waals surface area (Å²) in [5.74, 6) is 0.853. The van der Waals surface area contributed by atoms with Crippen LogP contribution < -0.4 is 10.1 Å². The first kappa shape index (κ1) is 18.8. The number of methoxy groups -OCH3 is 1. The molecule has 1 amide bonds. The summed E-state index contributed by atoms with van der Waals surface area (Å²) in [5.41, 5.74) is 1.38. The normalized spacial score (nSPS) is 10.6. The molecule has 26 heavy (non-hydrogen) atoms. The highest BCUT2D eigenvalue weighted by Gasteiger charge is 2.13. The molecule has 0 aliphatic heterocycles. The third-order valence-corrected chi connectivity index (χ3v) is 4.82. The van der Waals surface area contributed by atoms with Crippen LogP contribution in [-0.2, 0) is 6.54 Å². The first-order valence-corrected chi connectivity index (χ1v) is 9.13. The van der Waals surface area contributed by atoms with Gasteiger partial charge in [0.15, 0.2) is 5.82 Å². The second-order valence-corrected chi connectivity index (χ2v) is 7.14. The highest BCUT2D eigenvalue weighted by Crippen LogP contribution is 2.25. The number of carbonyl (C=O) groups excluding carboxylic acids is 1. The smallest absolute Gasteiger partial charge is 0.256 e. The SMILES string of the molecule is COc1ccc(C(=O)Nc2nn(Cc3ccc(Cl)cc3Cl)cc2Br)cc1. The van der Waals surface area contributed by atoms with Crippen LogP contribution in [-0.4, -0.2) is 22.8 Å². The number of carbonyl (C=O) groups is 1. The Hall–Kier alpha value is -2.02. The third-order valence-electron chi connectivity index (χ3n) is 3.65. The Morgan fingerprint density at radius 1 is 1.23 bits per heavy atom. The summed E-state index contributed by atoms with van der Waals surface area (Å²) in [6, 6.07) is 12.1. The maximum Gasteiger partial charge on any atom is 0.256 e. The summed E-state index contributed by atoms with van der Waals surface area (Å²) in [7, 11) is 1.58. The van der Waals surface area contributed by atoms with Gasteiger partial charge in [0.25, 0.3) is 5.91 Å². The fraction of sp³-hybridized carbons (Fsp3) is 0.111. The van der Waals surface area contributed by atoms with Gasteiger partial charge in [0.1, 0.15) is 5.75 Å². The predicted octanol–water partition coefficient (Wildman–Crippen LogP) is 5.26. The maximum atomic E-state index is 12.4. The van der Waals surface area contributed by atoms with E-state index in [1.54, 1.807) is 54.4 Å². The second kappa shape index (κ2) is 8.12. The largest absolute Gasteiger partial charge is 0.497 e. The molecular formula is C18H14BrCl2N3O2. The van der Waals surface area contributed by atoms with Crippen LogP contribution in [0.25, 0.3) is 0 Å². The minimum Gasteiger partial charge on any atom is -0.497 e. The van der Waals surface area contributed by atoms with E-state index >= 15 is 0 Å². The quantitative estimate of drug-likeness (QED) is 0.571. The summed E-state index contributed by atoms with van der Waals surface area (Å²) in [4.78, 5) is 12.4. The Balaban J connectivity index is 1.74. The van der Waals surface area contributed by atoms with Crippen LogP contribution in [0.2, 0.25) is 10.0 Å². The molecule has 0 saturated carbocycles. The zero-order valence-electron chi connectivity index (χ0n) is 13.7. The molecule has 1 heterocycles. The minimum absolute atomic E-state index is 0.261. The van der Waals surface area contributed by atoms with Gasteiger partial charge in [-0.1, -0.05) is 29.3 Å². The van der Waals surface area contributed by atoms with Crippen LogP contribution in [0.15, 0.2) is 53.1 Å². The van der Waals surface area contributed by atoms with Gasteiger partial charge in [0, 0.05) is 21.8 Å². The number of nitrogens with zero attached hydrogens (tertiary/aromatic N) is 2. The predicted molar refractivity (Wildman–Crippen MR) is 106 cm³/mol. The lowest BCUT2D eigenvalue weighted by molar-refractivity contribution is 0.102. The van der Waals surface area contributed by atoms with Crippen LogP contribution in [0, 0.1) is 0 Å². The number of hydrogen-bond donors (Lipinski definition) is 1. The number of aromatic nitrogens is 2. The molecule has 3 rings (SSSR count). The standard InChI is InChI=1S/C18H14BrCl2N3O2/c1-26-14-6-3-11(4-7-14)18(25)22-17-15(19)10-24(23-17)9-12-2-5-13(20)8-16(12)21/h2-8,10H,9H2,1H3,(H,22,23,25). The van der Waals surface area contributed by atoms with Crippen molar-refractivity contribution in [2.75, 3.05) is 12.4 Å². The number of amides is 1. The molecule has 0 bridgehead atoms. The summed E-state index contributed by atoms with van der Waals surface area (Å²) in [5, 5.41) is 8.31. The van der Waals surface area contributed by atoms with Gasteiger partial charge in [0.05, 0.1) is 18.1 Å². The molecule has 0 fully saturated rings. The van der Waals surface area contributed by atoms with Crippen LogP contribution in [0.5, 0.6) is 5.75 Å². The number of benzene rings is 2.